The molecule has 0 N–H and O–H groups in total. The fourth-order valence-corrected chi connectivity index (χ4v) is 3.40. The highest BCUT2D eigenvalue weighted by Crippen LogP contribution is 2.34. The first-order valence-corrected chi connectivity index (χ1v) is 6.88. The van der Waals surface area contributed by atoms with E-state index in [1.807, 2.05) is 19.0 Å². The average molecular weight is 254 g/mol. The molecule has 2 saturated heterocycles. The quantitative estimate of drug-likeness (QED) is 0.691. The molecule has 2 aliphatic rings. The lowest BCUT2D eigenvalue weighted by atomic mass is 9.87. The Morgan fingerprint density at radius 2 is 1.89 bits per heavy atom. The number of hydrogen-bond acceptors (Lipinski definition) is 3. The Morgan fingerprint density at radius 1 is 1.28 bits per heavy atom. The Kier molecular flexibility index (Phi) is 3.82. The third-order valence-electron chi connectivity index (χ3n) is 4.38. The van der Waals surface area contributed by atoms with E-state index in [0.717, 1.165) is 45.7 Å². The topological polar surface area (TPSA) is 30.0 Å². The van der Waals surface area contributed by atoms with Crippen LogP contribution < -0.4 is 0 Å². The molecule has 2 amide bonds. The van der Waals surface area contributed by atoms with Crippen molar-refractivity contribution in [3.05, 3.63) is 0 Å². The van der Waals surface area contributed by atoms with E-state index in [-0.39, 0.29) is 6.03 Å². The van der Waals surface area contributed by atoms with Crippen molar-refractivity contribution in [2.75, 3.05) is 54.0 Å². The fraction of sp³-hybridized carbons (Fsp3) is 0.923. The van der Waals surface area contributed by atoms with E-state index in [1.165, 1.54) is 0 Å². The molecule has 0 aliphatic carbocycles. The van der Waals surface area contributed by atoms with Gasteiger partial charge in [-0.3, -0.25) is 9.80 Å². The molecular formula is C13H26N4O. The van der Waals surface area contributed by atoms with E-state index in [1.54, 1.807) is 4.90 Å². The third-order valence-corrected chi connectivity index (χ3v) is 4.38. The Hall–Kier alpha value is -0.810. The number of carbonyl (C=O) groups is 1. The van der Waals surface area contributed by atoms with Crippen molar-refractivity contribution in [2.45, 2.75) is 25.3 Å². The van der Waals surface area contributed by atoms with Crippen LogP contribution in [0.4, 0.5) is 4.79 Å². The first kappa shape index (κ1) is 13.6. The summed E-state index contributed by atoms with van der Waals surface area (Å²) < 4.78 is 0. The molecule has 0 atom stereocenters. The molecule has 2 aliphatic heterocycles. The number of nitrogens with zero attached hydrogens (tertiary/aromatic N) is 4. The van der Waals surface area contributed by atoms with Crippen molar-refractivity contribution in [1.82, 2.24) is 19.6 Å². The molecule has 5 heteroatoms. The number of likely N-dealkylation sites (N-methyl/N-ethyl adjacent to an activating group) is 2. The molecule has 0 aromatic heterocycles. The van der Waals surface area contributed by atoms with Crippen LogP contribution in [0.1, 0.15) is 19.8 Å². The van der Waals surface area contributed by atoms with Crippen LogP contribution >= 0.6 is 0 Å². The van der Waals surface area contributed by atoms with Gasteiger partial charge in [-0.15, -0.1) is 0 Å². The SMILES string of the molecule is CCN1CN(C)CC12CCN(C(=O)N(C)C)CC2. The highest BCUT2D eigenvalue weighted by Gasteiger charge is 2.45. The van der Waals surface area contributed by atoms with Gasteiger partial charge < -0.3 is 9.80 Å². The maximum Gasteiger partial charge on any atom is 0.319 e. The van der Waals surface area contributed by atoms with Gasteiger partial charge in [0.2, 0.25) is 0 Å². The van der Waals surface area contributed by atoms with Gasteiger partial charge in [0.25, 0.3) is 0 Å². The van der Waals surface area contributed by atoms with E-state index in [2.05, 4.69) is 23.8 Å². The van der Waals surface area contributed by atoms with Crippen LogP contribution in [0.15, 0.2) is 0 Å². The van der Waals surface area contributed by atoms with Crippen LogP contribution in [0.3, 0.4) is 0 Å². The highest BCUT2D eigenvalue weighted by atomic mass is 16.2. The van der Waals surface area contributed by atoms with Crippen molar-refractivity contribution in [3.8, 4) is 0 Å². The summed E-state index contributed by atoms with van der Waals surface area (Å²) in [5, 5.41) is 0. The molecule has 5 nitrogen and oxygen atoms in total. The minimum atomic E-state index is 0.152. The van der Waals surface area contributed by atoms with Gasteiger partial charge in [-0.05, 0) is 26.4 Å². The summed E-state index contributed by atoms with van der Waals surface area (Å²) in [4.78, 5) is 20.6. The Balaban J connectivity index is 1.99. The van der Waals surface area contributed by atoms with Crippen molar-refractivity contribution < 1.29 is 4.79 Å². The molecule has 0 aromatic rings. The van der Waals surface area contributed by atoms with Gasteiger partial charge in [0, 0.05) is 39.3 Å². The zero-order chi connectivity index (χ0) is 13.3. The van der Waals surface area contributed by atoms with Gasteiger partial charge in [-0.1, -0.05) is 6.92 Å². The summed E-state index contributed by atoms with van der Waals surface area (Å²) in [6.07, 6.45) is 2.20. The van der Waals surface area contributed by atoms with Gasteiger partial charge in [0.1, 0.15) is 0 Å². The van der Waals surface area contributed by atoms with Crippen LogP contribution in [0, 0.1) is 0 Å². The smallest absolute Gasteiger partial charge is 0.319 e. The van der Waals surface area contributed by atoms with E-state index in [0.29, 0.717) is 5.54 Å². The van der Waals surface area contributed by atoms with Crippen molar-refractivity contribution in [1.29, 1.82) is 0 Å². The average Bonchev–Trinajstić information content (AvgIpc) is 2.65. The molecule has 104 valence electrons. The monoisotopic (exact) mass is 254 g/mol. The van der Waals surface area contributed by atoms with Crippen LogP contribution in [0.25, 0.3) is 0 Å². The maximum atomic E-state index is 11.9. The lowest BCUT2D eigenvalue weighted by molar-refractivity contribution is 0.0701. The Bertz CT molecular complexity index is 310. The number of rotatable bonds is 1. The molecule has 2 rings (SSSR count). The van der Waals surface area contributed by atoms with Gasteiger partial charge in [0.15, 0.2) is 0 Å². The summed E-state index contributed by atoms with van der Waals surface area (Å²) in [6, 6.07) is 0.152. The lowest BCUT2D eigenvalue weighted by Crippen LogP contribution is -2.56. The first-order valence-electron chi connectivity index (χ1n) is 6.88. The largest absolute Gasteiger partial charge is 0.331 e. The van der Waals surface area contributed by atoms with Crippen molar-refractivity contribution in [2.24, 2.45) is 0 Å². The summed E-state index contributed by atoms with van der Waals surface area (Å²) in [5.41, 5.74) is 0.312. The Labute approximate surface area is 110 Å². The zero-order valence-electron chi connectivity index (χ0n) is 12.1. The minimum Gasteiger partial charge on any atom is -0.331 e. The number of carbonyl (C=O) groups excluding carboxylic acids is 1. The zero-order valence-corrected chi connectivity index (χ0v) is 12.1. The summed E-state index contributed by atoms with van der Waals surface area (Å²) >= 11 is 0. The number of hydrogen-bond donors (Lipinski definition) is 0. The van der Waals surface area contributed by atoms with E-state index in [9.17, 15) is 4.79 Å². The highest BCUT2D eigenvalue weighted by molar-refractivity contribution is 5.73. The lowest BCUT2D eigenvalue weighted by Gasteiger charge is -2.44. The summed E-state index contributed by atoms with van der Waals surface area (Å²) in [7, 11) is 5.84. The second-order valence-electron chi connectivity index (χ2n) is 5.90. The Morgan fingerprint density at radius 3 is 2.39 bits per heavy atom. The minimum absolute atomic E-state index is 0.152. The van der Waals surface area contributed by atoms with E-state index in [4.69, 9.17) is 0 Å². The van der Waals surface area contributed by atoms with E-state index >= 15 is 0 Å². The molecule has 2 heterocycles. The van der Waals surface area contributed by atoms with Crippen molar-refractivity contribution >= 4 is 6.03 Å². The standard InChI is InChI=1S/C13H26N4O/c1-5-17-11-15(4)10-13(17)6-8-16(9-7-13)12(18)14(2)3/h5-11H2,1-4H3. The molecule has 0 aromatic carbocycles. The molecular weight excluding hydrogens is 228 g/mol. The number of piperidine rings is 1. The molecule has 0 radical (unpaired) electrons. The molecule has 0 saturated carbocycles. The first-order chi connectivity index (χ1) is 8.48. The molecule has 2 fully saturated rings. The van der Waals surface area contributed by atoms with Gasteiger partial charge in [-0.25, -0.2) is 4.79 Å². The summed E-state index contributed by atoms with van der Waals surface area (Å²) in [6.45, 7) is 7.33. The van der Waals surface area contributed by atoms with Crippen LogP contribution in [-0.4, -0.2) is 85.2 Å². The molecule has 0 unspecified atom stereocenters. The molecule has 18 heavy (non-hydrogen) atoms. The normalized spacial score (nSPS) is 24.8. The second kappa shape index (κ2) is 5.05. The van der Waals surface area contributed by atoms with Crippen molar-refractivity contribution in [3.63, 3.8) is 0 Å². The molecule has 1 spiro atoms. The third kappa shape index (κ3) is 2.34. The summed E-state index contributed by atoms with van der Waals surface area (Å²) in [5.74, 6) is 0. The number of amides is 2. The second-order valence-corrected chi connectivity index (χ2v) is 5.90. The predicted molar refractivity (Wildman–Crippen MR) is 72.5 cm³/mol. The maximum absolute atomic E-state index is 11.9. The number of urea groups is 1. The fourth-order valence-electron chi connectivity index (χ4n) is 3.40. The molecule has 0 bridgehead atoms. The van der Waals surface area contributed by atoms with Gasteiger partial charge in [-0.2, -0.15) is 0 Å². The van der Waals surface area contributed by atoms with Gasteiger partial charge >= 0.3 is 6.03 Å². The predicted octanol–water partition coefficient (Wildman–Crippen LogP) is 0.727. The van der Waals surface area contributed by atoms with Crippen LogP contribution in [0.5, 0.6) is 0 Å². The van der Waals surface area contributed by atoms with Gasteiger partial charge in [0.05, 0.1) is 6.67 Å². The number of likely N-dealkylation sites (tertiary alicyclic amines) is 1. The van der Waals surface area contributed by atoms with E-state index < -0.39 is 0 Å². The van der Waals surface area contributed by atoms with Crippen LogP contribution in [-0.2, 0) is 0 Å². The van der Waals surface area contributed by atoms with Crippen LogP contribution in [0.2, 0.25) is 0 Å².